The molecule has 2 amide bonds. The minimum atomic E-state index is -0.603. The first-order valence-electron chi connectivity index (χ1n) is 9.23. The number of nitrogens with zero attached hydrogens (tertiary/aromatic N) is 1. The van der Waals surface area contributed by atoms with Crippen LogP contribution in [0, 0.1) is 0 Å². The molecule has 1 N–H and O–H groups in total. The van der Waals surface area contributed by atoms with E-state index in [4.69, 9.17) is 46.4 Å². The topological polar surface area (TPSA) is 49.4 Å². The van der Waals surface area contributed by atoms with E-state index in [0.717, 1.165) is 11.1 Å². The number of nitrogens with one attached hydrogen (secondary N) is 1. The van der Waals surface area contributed by atoms with Gasteiger partial charge in [0.1, 0.15) is 6.04 Å². The van der Waals surface area contributed by atoms with Crippen LogP contribution in [0.25, 0.3) is 0 Å². The Labute approximate surface area is 201 Å². The third kappa shape index (κ3) is 6.96. The molecule has 0 saturated heterocycles. The molecule has 0 aliphatic carbocycles. The predicted molar refractivity (Wildman–Crippen MR) is 128 cm³/mol. The second-order valence-electron chi connectivity index (χ2n) is 6.52. The van der Waals surface area contributed by atoms with Crippen molar-refractivity contribution in [2.75, 3.05) is 12.8 Å². The van der Waals surface area contributed by atoms with E-state index < -0.39 is 6.04 Å². The fourth-order valence-corrected chi connectivity index (χ4v) is 4.83. The average Bonchev–Trinajstić information content (AvgIpc) is 2.70. The Morgan fingerprint density at radius 1 is 1.00 bits per heavy atom. The lowest BCUT2D eigenvalue weighted by molar-refractivity contribution is -0.139. The van der Waals surface area contributed by atoms with Crippen LogP contribution >= 0.6 is 58.2 Å². The summed E-state index contributed by atoms with van der Waals surface area (Å²) in [6.45, 7) is 2.08. The molecule has 2 aromatic rings. The van der Waals surface area contributed by atoms with E-state index >= 15 is 0 Å². The van der Waals surface area contributed by atoms with Crippen LogP contribution in [0.2, 0.25) is 20.1 Å². The maximum atomic E-state index is 13.1. The van der Waals surface area contributed by atoms with Crippen molar-refractivity contribution in [3.8, 4) is 0 Å². The Hall–Kier alpha value is -1.11. The highest BCUT2D eigenvalue weighted by atomic mass is 35.5. The van der Waals surface area contributed by atoms with Gasteiger partial charge in [-0.05, 0) is 41.8 Å². The SMILES string of the molecule is CCC(C(=O)NC)N(Cc1ccc(Cl)cc1Cl)C(=O)CSCc1ccc(Cl)cc1Cl. The lowest BCUT2D eigenvalue weighted by Crippen LogP contribution is -2.48. The summed E-state index contributed by atoms with van der Waals surface area (Å²) >= 11 is 25.8. The largest absolute Gasteiger partial charge is 0.357 e. The van der Waals surface area contributed by atoms with Crippen molar-refractivity contribution in [1.29, 1.82) is 0 Å². The molecule has 0 saturated carbocycles. The van der Waals surface area contributed by atoms with Crippen LogP contribution in [0.1, 0.15) is 24.5 Å². The summed E-state index contributed by atoms with van der Waals surface area (Å²) in [7, 11) is 1.56. The Morgan fingerprint density at radius 3 is 2.07 bits per heavy atom. The summed E-state index contributed by atoms with van der Waals surface area (Å²) in [6.07, 6.45) is 0.476. The molecule has 9 heteroatoms. The molecular weight excluding hydrogens is 486 g/mol. The number of hydrogen-bond acceptors (Lipinski definition) is 3. The first-order valence-corrected chi connectivity index (χ1v) is 11.9. The van der Waals surface area contributed by atoms with Gasteiger partial charge in [-0.15, -0.1) is 11.8 Å². The molecule has 0 aliphatic rings. The van der Waals surface area contributed by atoms with Crippen LogP contribution in [-0.2, 0) is 21.9 Å². The molecular formula is C21H22Cl4N2O2S. The summed E-state index contributed by atoms with van der Waals surface area (Å²) in [5, 5.41) is 4.71. The summed E-state index contributed by atoms with van der Waals surface area (Å²) in [4.78, 5) is 27.0. The Balaban J connectivity index is 2.15. The summed E-state index contributed by atoms with van der Waals surface area (Å²) in [6, 6.07) is 9.78. The Morgan fingerprint density at radius 2 is 1.57 bits per heavy atom. The average molecular weight is 508 g/mol. The smallest absolute Gasteiger partial charge is 0.242 e. The molecule has 0 aliphatic heterocycles. The molecule has 0 spiro atoms. The number of halogens is 4. The number of benzene rings is 2. The molecule has 0 aromatic heterocycles. The van der Waals surface area contributed by atoms with Gasteiger partial charge in [-0.3, -0.25) is 9.59 Å². The zero-order valence-electron chi connectivity index (χ0n) is 16.6. The number of carbonyl (C=O) groups is 2. The number of thioether (sulfide) groups is 1. The maximum absolute atomic E-state index is 13.1. The Kier molecular flexibility index (Phi) is 10.1. The van der Waals surface area contributed by atoms with E-state index in [1.807, 2.05) is 13.0 Å². The van der Waals surface area contributed by atoms with Crippen molar-refractivity contribution >= 4 is 70.0 Å². The molecule has 1 unspecified atom stereocenters. The quantitative estimate of drug-likeness (QED) is 0.447. The van der Waals surface area contributed by atoms with Crippen LogP contribution in [0.3, 0.4) is 0 Å². The fourth-order valence-electron chi connectivity index (χ4n) is 2.89. The highest BCUT2D eigenvalue weighted by molar-refractivity contribution is 7.99. The molecule has 2 rings (SSSR count). The number of likely N-dealkylation sites (N-methyl/N-ethyl adjacent to an activating group) is 1. The maximum Gasteiger partial charge on any atom is 0.242 e. The third-order valence-electron chi connectivity index (χ3n) is 4.49. The van der Waals surface area contributed by atoms with E-state index in [9.17, 15) is 9.59 Å². The second kappa shape index (κ2) is 12.1. The highest BCUT2D eigenvalue weighted by Crippen LogP contribution is 2.26. The van der Waals surface area contributed by atoms with Crippen LogP contribution < -0.4 is 5.32 Å². The standard InChI is InChI=1S/C21H22Cl4N2O2S/c1-3-19(21(29)26-2)27(10-13-4-6-15(22)8-17(13)24)20(28)12-30-11-14-5-7-16(23)9-18(14)25/h4-9,19H,3,10-12H2,1-2H3,(H,26,29). The zero-order valence-corrected chi connectivity index (χ0v) is 20.4. The molecule has 0 radical (unpaired) electrons. The van der Waals surface area contributed by atoms with Gasteiger partial charge in [0.25, 0.3) is 0 Å². The van der Waals surface area contributed by atoms with Gasteiger partial charge in [-0.1, -0.05) is 65.5 Å². The number of carbonyl (C=O) groups excluding carboxylic acids is 2. The van der Waals surface area contributed by atoms with E-state index in [0.29, 0.717) is 32.3 Å². The molecule has 0 heterocycles. The van der Waals surface area contributed by atoms with E-state index in [2.05, 4.69) is 5.32 Å². The summed E-state index contributed by atoms with van der Waals surface area (Å²) in [5.74, 6) is 0.361. The van der Waals surface area contributed by atoms with Crippen molar-refractivity contribution in [3.05, 3.63) is 67.6 Å². The first-order chi connectivity index (χ1) is 14.3. The van der Waals surface area contributed by atoms with Crippen LogP contribution in [-0.4, -0.2) is 35.6 Å². The zero-order chi connectivity index (χ0) is 22.3. The van der Waals surface area contributed by atoms with Gasteiger partial charge in [0.2, 0.25) is 11.8 Å². The Bertz CT molecular complexity index is 911. The van der Waals surface area contributed by atoms with Gasteiger partial charge < -0.3 is 10.2 Å². The van der Waals surface area contributed by atoms with Crippen molar-refractivity contribution in [3.63, 3.8) is 0 Å². The van der Waals surface area contributed by atoms with Crippen LogP contribution in [0.4, 0.5) is 0 Å². The number of rotatable bonds is 9. The lowest BCUT2D eigenvalue weighted by atomic mass is 10.1. The lowest BCUT2D eigenvalue weighted by Gasteiger charge is -2.30. The van der Waals surface area contributed by atoms with E-state index in [1.165, 1.54) is 11.8 Å². The monoisotopic (exact) mass is 506 g/mol. The van der Waals surface area contributed by atoms with Crippen LogP contribution in [0.15, 0.2) is 36.4 Å². The van der Waals surface area contributed by atoms with Crippen molar-refractivity contribution < 1.29 is 9.59 Å². The summed E-state index contributed by atoms with van der Waals surface area (Å²) in [5.41, 5.74) is 1.62. The molecule has 0 bridgehead atoms. The first kappa shape index (κ1) is 25.2. The minimum absolute atomic E-state index is 0.161. The fraction of sp³-hybridized carbons (Fsp3) is 0.333. The van der Waals surface area contributed by atoms with Gasteiger partial charge in [0.05, 0.1) is 5.75 Å². The van der Waals surface area contributed by atoms with Crippen molar-refractivity contribution in [2.45, 2.75) is 31.7 Å². The molecule has 0 fully saturated rings. The van der Waals surface area contributed by atoms with E-state index in [1.54, 1.807) is 42.3 Å². The molecule has 4 nitrogen and oxygen atoms in total. The van der Waals surface area contributed by atoms with Crippen molar-refractivity contribution in [1.82, 2.24) is 10.2 Å². The molecule has 2 aromatic carbocycles. The van der Waals surface area contributed by atoms with Gasteiger partial charge in [0.15, 0.2) is 0 Å². The van der Waals surface area contributed by atoms with Gasteiger partial charge in [0, 0.05) is 39.4 Å². The molecule has 30 heavy (non-hydrogen) atoms. The second-order valence-corrected chi connectivity index (χ2v) is 9.20. The molecule has 1 atom stereocenters. The van der Waals surface area contributed by atoms with E-state index in [-0.39, 0.29) is 24.1 Å². The van der Waals surface area contributed by atoms with Crippen LogP contribution in [0.5, 0.6) is 0 Å². The molecule has 162 valence electrons. The highest BCUT2D eigenvalue weighted by Gasteiger charge is 2.28. The number of amides is 2. The van der Waals surface area contributed by atoms with Crippen molar-refractivity contribution in [2.24, 2.45) is 0 Å². The normalized spacial score (nSPS) is 11.8. The van der Waals surface area contributed by atoms with Gasteiger partial charge in [-0.25, -0.2) is 0 Å². The number of hydrogen-bond donors (Lipinski definition) is 1. The minimum Gasteiger partial charge on any atom is -0.357 e. The summed E-state index contributed by atoms with van der Waals surface area (Å²) < 4.78 is 0. The third-order valence-corrected chi connectivity index (χ3v) is 6.63. The predicted octanol–water partition coefficient (Wildman–Crippen LogP) is 6.09. The van der Waals surface area contributed by atoms with Gasteiger partial charge >= 0.3 is 0 Å². The van der Waals surface area contributed by atoms with Gasteiger partial charge in [-0.2, -0.15) is 0 Å².